The van der Waals surface area contributed by atoms with E-state index < -0.39 is 5.97 Å². The fourth-order valence-electron chi connectivity index (χ4n) is 0.838. The lowest BCUT2D eigenvalue weighted by atomic mass is 10.2. The summed E-state index contributed by atoms with van der Waals surface area (Å²) in [5, 5.41) is 8.52. The lowest BCUT2D eigenvalue weighted by Crippen LogP contribution is -1.99. The number of nitrogens with zero attached hydrogens (tertiary/aromatic N) is 1. The third-order valence-electron chi connectivity index (χ3n) is 1.42. The van der Waals surface area contributed by atoms with E-state index >= 15 is 0 Å². The number of aromatic nitrogens is 1. The number of aromatic carboxylic acids is 1. The molecule has 0 radical (unpaired) electrons. The van der Waals surface area contributed by atoms with Gasteiger partial charge in [0.2, 0.25) is 0 Å². The van der Waals surface area contributed by atoms with Crippen LogP contribution >= 0.6 is 0 Å². The van der Waals surface area contributed by atoms with Crippen molar-refractivity contribution >= 4 is 5.97 Å². The zero-order valence-electron chi connectivity index (χ0n) is 6.53. The summed E-state index contributed by atoms with van der Waals surface area (Å²) in [4.78, 5) is 14.1. The Kier molecular flexibility index (Phi) is 2.58. The van der Waals surface area contributed by atoms with Gasteiger partial charge in [-0.1, -0.05) is 12.1 Å². The minimum absolute atomic E-state index is 0.0720. The monoisotopic (exact) mass is 163 g/mol. The number of allylic oxidation sites excluding steroid dienone is 1. The van der Waals surface area contributed by atoms with Gasteiger partial charge in [0.05, 0.1) is 0 Å². The van der Waals surface area contributed by atoms with E-state index in [0.29, 0.717) is 6.42 Å². The number of carboxylic acid groups (broad SMARTS) is 1. The van der Waals surface area contributed by atoms with Crippen LogP contribution in [-0.4, -0.2) is 16.1 Å². The van der Waals surface area contributed by atoms with Crippen LogP contribution in [0, 0.1) is 0 Å². The van der Waals surface area contributed by atoms with Crippen LogP contribution in [0.25, 0.3) is 0 Å². The predicted molar refractivity (Wildman–Crippen MR) is 45.1 cm³/mol. The Morgan fingerprint density at radius 3 is 2.83 bits per heavy atom. The smallest absolute Gasteiger partial charge is 0.354 e. The Morgan fingerprint density at radius 2 is 2.42 bits per heavy atom. The van der Waals surface area contributed by atoms with Crippen LogP contribution in [0.1, 0.15) is 16.1 Å². The topological polar surface area (TPSA) is 50.2 Å². The van der Waals surface area contributed by atoms with Gasteiger partial charge in [0.1, 0.15) is 5.69 Å². The van der Waals surface area contributed by atoms with Crippen molar-refractivity contribution in [3.8, 4) is 0 Å². The molecule has 62 valence electrons. The van der Waals surface area contributed by atoms with Crippen LogP contribution in [0.3, 0.4) is 0 Å². The molecule has 0 saturated carbocycles. The molecule has 1 aromatic rings. The quantitative estimate of drug-likeness (QED) is 0.687. The lowest BCUT2D eigenvalue weighted by Gasteiger charge is -1.95. The highest BCUT2D eigenvalue weighted by atomic mass is 16.4. The number of pyridine rings is 1. The fourth-order valence-corrected chi connectivity index (χ4v) is 0.838. The molecular formula is C9H9NO2. The molecule has 1 heterocycles. The predicted octanol–water partition coefficient (Wildman–Crippen LogP) is 1.51. The second-order valence-corrected chi connectivity index (χ2v) is 2.35. The normalized spacial score (nSPS) is 9.33. The molecular weight excluding hydrogens is 154 g/mol. The van der Waals surface area contributed by atoms with E-state index in [1.807, 2.05) is 0 Å². The third kappa shape index (κ3) is 1.92. The van der Waals surface area contributed by atoms with Gasteiger partial charge in [-0.05, 0) is 18.1 Å². The molecule has 3 nitrogen and oxygen atoms in total. The summed E-state index contributed by atoms with van der Waals surface area (Å²) in [6.45, 7) is 3.57. The van der Waals surface area contributed by atoms with Crippen molar-refractivity contribution < 1.29 is 9.90 Å². The zero-order valence-corrected chi connectivity index (χ0v) is 6.53. The van der Waals surface area contributed by atoms with Gasteiger partial charge in [-0.25, -0.2) is 9.78 Å². The third-order valence-corrected chi connectivity index (χ3v) is 1.42. The Hall–Kier alpha value is -1.64. The summed E-state index contributed by atoms with van der Waals surface area (Å²) in [5.41, 5.74) is 1.04. The molecule has 0 saturated heterocycles. The molecule has 1 rings (SSSR count). The molecule has 0 aromatic carbocycles. The first-order chi connectivity index (χ1) is 5.74. The highest BCUT2D eigenvalue weighted by molar-refractivity contribution is 5.85. The number of rotatable bonds is 3. The Morgan fingerprint density at radius 1 is 1.67 bits per heavy atom. The summed E-state index contributed by atoms with van der Waals surface area (Å²) in [6.07, 6.45) is 4.01. The molecule has 12 heavy (non-hydrogen) atoms. The Bertz CT molecular complexity index is 290. The molecule has 0 unspecified atom stereocenters. The minimum Gasteiger partial charge on any atom is -0.477 e. The highest BCUT2D eigenvalue weighted by Gasteiger charge is 2.01. The van der Waals surface area contributed by atoms with Crippen LogP contribution in [-0.2, 0) is 6.42 Å². The lowest BCUT2D eigenvalue weighted by molar-refractivity contribution is 0.0690. The Labute approximate surface area is 70.4 Å². The average Bonchev–Trinajstić information content (AvgIpc) is 2.06. The minimum atomic E-state index is -1.000. The highest BCUT2D eigenvalue weighted by Crippen LogP contribution is 2.01. The van der Waals surface area contributed by atoms with E-state index in [2.05, 4.69) is 11.6 Å². The van der Waals surface area contributed by atoms with Gasteiger partial charge in [-0.15, -0.1) is 6.58 Å². The first-order valence-corrected chi connectivity index (χ1v) is 3.53. The largest absolute Gasteiger partial charge is 0.477 e. The van der Waals surface area contributed by atoms with Crippen molar-refractivity contribution in [1.82, 2.24) is 4.98 Å². The van der Waals surface area contributed by atoms with E-state index in [9.17, 15) is 4.79 Å². The summed E-state index contributed by atoms with van der Waals surface area (Å²) in [5.74, 6) is -1.000. The maximum Gasteiger partial charge on any atom is 0.354 e. The number of hydrogen-bond donors (Lipinski definition) is 1. The molecule has 0 amide bonds. The van der Waals surface area contributed by atoms with E-state index in [-0.39, 0.29) is 5.69 Å². The number of carbonyl (C=O) groups is 1. The van der Waals surface area contributed by atoms with Gasteiger partial charge < -0.3 is 5.11 Å². The van der Waals surface area contributed by atoms with Gasteiger partial charge in [-0.2, -0.15) is 0 Å². The van der Waals surface area contributed by atoms with Crippen molar-refractivity contribution in [1.29, 1.82) is 0 Å². The van der Waals surface area contributed by atoms with Crippen molar-refractivity contribution in [3.05, 3.63) is 42.2 Å². The van der Waals surface area contributed by atoms with Crippen LogP contribution in [0.5, 0.6) is 0 Å². The van der Waals surface area contributed by atoms with E-state index in [1.54, 1.807) is 18.3 Å². The standard InChI is InChI=1S/C9H9NO2/c1-2-3-7-4-5-8(9(11)12)10-6-7/h2,4-6H,1,3H2,(H,11,12). The molecule has 0 aliphatic heterocycles. The first-order valence-electron chi connectivity index (χ1n) is 3.53. The summed E-state index contributed by atoms with van der Waals surface area (Å²) in [6, 6.07) is 3.22. The van der Waals surface area contributed by atoms with Crippen LogP contribution < -0.4 is 0 Å². The second-order valence-electron chi connectivity index (χ2n) is 2.35. The molecule has 1 N–H and O–H groups in total. The van der Waals surface area contributed by atoms with Crippen molar-refractivity contribution in [2.24, 2.45) is 0 Å². The van der Waals surface area contributed by atoms with E-state index in [0.717, 1.165) is 5.56 Å². The molecule has 1 aromatic heterocycles. The molecule has 0 atom stereocenters. The summed E-state index contributed by atoms with van der Waals surface area (Å²) < 4.78 is 0. The van der Waals surface area contributed by atoms with Gasteiger partial charge in [0, 0.05) is 6.20 Å². The summed E-state index contributed by atoms with van der Waals surface area (Å²) in [7, 11) is 0. The second kappa shape index (κ2) is 3.67. The molecule has 0 aliphatic carbocycles. The molecule has 0 fully saturated rings. The number of hydrogen-bond acceptors (Lipinski definition) is 2. The van der Waals surface area contributed by atoms with Crippen LogP contribution in [0.2, 0.25) is 0 Å². The molecule has 0 bridgehead atoms. The van der Waals surface area contributed by atoms with Gasteiger partial charge in [0.15, 0.2) is 0 Å². The number of carboxylic acids is 1. The van der Waals surface area contributed by atoms with E-state index in [1.165, 1.54) is 6.07 Å². The molecule has 0 spiro atoms. The summed E-state index contributed by atoms with van der Waals surface area (Å²) >= 11 is 0. The maximum atomic E-state index is 10.4. The Balaban J connectivity index is 2.85. The molecule has 0 aliphatic rings. The maximum absolute atomic E-state index is 10.4. The SMILES string of the molecule is C=CCc1ccc(C(=O)O)nc1. The average molecular weight is 163 g/mol. The van der Waals surface area contributed by atoms with Crippen LogP contribution in [0.4, 0.5) is 0 Å². The van der Waals surface area contributed by atoms with E-state index in [4.69, 9.17) is 5.11 Å². The van der Waals surface area contributed by atoms with Gasteiger partial charge in [0.25, 0.3) is 0 Å². The van der Waals surface area contributed by atoms with Gasteiger partial charge in [-0.3, -0.25) is 0 Å². The van der Waals surface area contributed by atoms with Crippen molar-refractivity contribution in [2.75, 3.05) is 0 Å². The van der Waals surface area contributed by atoms with Crippen molar-refractivity contribution in [3.63, 3.8) is 0 Å². The molecule has 3 heteroatoms. The zero-order chi connectivity index (χ0) is 8.97. The van der Waals surface area contributed by atoms with Crippen molar-refractivity contribution in [2.45, 2.75) is 6.42 Å². The van der Waals surface area contributed by atoms with Crippen LogP contribution in [0.15, 0.2) is 31.0 Å². The first kappa shape index (κ1) is 8.46. The van der Waals surface area contributed by atoms with Gasteiger partial charge >= 0.3 is 5.97 Å². The fraction of sp³-hybridized carbons (Fsp3) is 0.111.